The van der Waals surface area contributed by atoms with Crippen LogP contribution in [0.4, 0.5) is 5.13 Å². The van der Waals surface area contributed by atoms with E-state index in [-0.39, 0.29) is 5.91 Å². The molecule has 5 nitrogen and oxygen atoms in total. The number of rotatable bonds is 8. The quantitative estimate of drug-likeness (QED) is 0.589. The highest BCUT2D eigenvalue weighted by molar-refractivity contribution is 8.01. The molecular weight excluding hydrogens is 318 g/mol. The summed E-state index contributed by atoms with van der Waals surface area (Å²) in [7, 11) is 0. The van der Waals surface area contributed by atoms with Gasteiger partial charge in [-0.05, 0) is 36.8 Å². The molecule has 0 aliphatic carbocycles. The highest BCUT2D eigenvalue weighted by Gasteiger charge is 2.08. The van der Waals surface area contributed by atoms with E-state index in [0.717, 1.165) is 21.4 Å². The summed E-state index contributed by atoms with van der Waals surface area (Å²) in [6, 6.07) is 7.82. The molecule has 0 saturated carbocycles. The van der Waals surface area contributed by atoms with Gasteiger partial charge in [0.25, 0.3) is 0 Å². The molecule has 0 unspecified atom stereocenters. The SMILES string of the molecule is CCOc1ccc(CCC(=O)Nc2nnc(SCC)s2)cc1. The Morgan fingerprint density at radius 2 is 2.05 bits per heavy atom. The Morgan fingerprint density at radius 1 is 1.27 bits per heavy atom. The smallest absolute Gasteiger partial charge is 0.226 e. The van der Waals surface area contributed by atoms with Crippen LogP contribution in [-0.4, -0.2) is 28.5 Å². The molecule has 0 fully saturated rings. The van der Waals surface area contributed by atoms with E-state index in [1.54, 1.807) is 11.8 Å². The Morgan fingerprint density at radius 3 is 2.73 bits per heavy atom. The number of thioether (sulfide) groups is 1. The third kappa shape index (κ3) is 5.31. The largest absolute Gasteiger partial charge is 0.494 e. The van der Waals surface area contributed by atoms with Crippen molar-refractivity contribution in [1.82, 2.24) is 10.2 Å². The van der Waals surface area contributed by atoms with Crippen LogP contribution in [0.2, 0.25) is 0 Å². The van der Waals surface area contributed by atoms with Crippen molar-refractivity contribution < 1.29 is 9.53 Å². The lowest BCUT2D eigenvalue weighted by atomic mass is 10.1. The lowest BCUT2D eigenvalue weighted by Crippen LogP contribution is -2.12. The fourth-order valence-electron chi connectivity index (χ4n) is 1.80. The Hall–Kier alpha value is -1.60. The Labute approximate surface area is 138 Å². The first-order chi connectivity index (χ1) is 10.7. The van der Waals surface area contributed by atoms with Crippen LogP contribution in [0.5, 0.6) is 5.75 Å². The van der Waals surface area contributed by atoms with E-state index in [0.29, 0.717) is 24.6 Å². The zero-order valence-electron chi connectivity index (χ0n) is 12.7. The van der Waals surface area contributed by atoms with Crippen LogP contribution >= 0.6 is 23.1 Å². The van der Waals surface area contributed by atoms with Gasteiger partial charge in [0, 0.05) is 6.42 Å². The van der Waals surface area contributed by atoms with Gasteiger partial charge < -0.3 is 10.1 Å². The van der Waals surface area contributed by atoms with Crippen molar-refractivity contribution in [3.05, 3.63) is 29.8 Å². The molecule has 1 heterocycles. The van der Waals surface area contributed by atoms with Crippen molar-refractivity contribution in [3.8, 4) is 5.75 Å². The van der Waals surface area contributed by atoms with E-state index in [2.05, 4.69) is 22.4 Å². The molecule has 2 aromatic rings. The van der Waals surface area contributed by atoms with Gasteiger partial charge in [0.05, 0.1) is 6.61 Å². The summed E-state index contributed by atoms with van der Waals surface area (Å²) in [5, 5.41) is 11.3. The maximum Gasteiger partial charge on any atom is 0.226 e. The van der Waals surface area contributed by atoms with E-state index in [1.165, 1.54) is 11.3 Å². The fourth-order valence-corrected chi connectivity index (χ4v) is 3.47. The van der Waals surface area contributed by atoms with Gasteiger partial charge in [-0.3, -0.25) is 4.79 Å². The molecule has 7 heteroatoms. The van der Waals surface area contributed by atoms with Crippen molar-refractivity contribution in [3.63, 3.8) is 0 Å². The summed E-state index contributed by atoms with van der Waals surface area (Å²) in [6.45, 7) is 4.67. The lowest BCUT2D eigenvalue weighted by molar-refractivity contribution is -0.116. The van der Waals surface area contributed by atoms with E-state index in [1.807, 2.05) is 31.2 Å². The second kappa shape index (κ2) is 8.75. The molecule has 22 heavy (non-hydrogen) atoms. The Balaban J connectivity index is 1.79. The van der Waals surface area contributed by atoms with Crippen molar-refractivity contribution >= 4 is 34.1 Å². The first kappa shape index (κ1) is 16.8. The minimum Gasteiger partial charge on any atom is -0.494 e. The first-order valence-corrected chi connectivity index (χ1v) is 8.99. The monoisotopic (exact) mass is 337 g/mol. The fraction of sp³-hybridized carbons (Fsp3) is 0.400. The van der Waals surface area contributed by atoms with Crippen LogP contribution in [0, 0.1) is 0 Å². The number of ether oxygens (including phenoxy) is 1. The van der Waals surface area contributed by atoms with Gasteiger partial charge in [0.2, 0.25) is 11.0 Å². The molecule has 0 aliphatic rings. The number of hydrogen-bond acceptors (Lipinski definition) is 6. The van der Waals surface area contributed by atoms with Crippen LogP contribution in [0.15, 0.2) is 28.6 Å². The van der Waals surface area contributed by atoms with Crippen LogP contribution < -0.4 is 10.1 Å². The molecule has 0 spiro atoms. The van der Waals surface area contributed by atoms with E-state index in [4.69, 9.17) is 4.74 Å². The van der Waals surface area contributed by atoms with E-state index >= 15 is 0 Å². The van der Waals surface area contributed by atoms with E-state index in [9.17, 15) is 4.79 Å². The summed E-state index contributed by atoms with van der Waals surface area (Å²) >= 11 is 3.03. The normalized spacial score (nSPS) is 10.5. The first-order valence-electron chi connectivity index (χ1n) is 7.19. The number of nitrogens with zero attached hydrogens (tertiary/aromatic N) is 2. The number of amides is 1. The third-order valence-electron chi connectivity index (χ3n) is 2.80. The maximum absolute atomic E-state index is 11.9. The predicted molar refractivity (Wildman–Crippen MR) is 90.9 cm³/mol. The van der Waals surface area contributed by atoms with Crippen molar-refractivity contribution in [1.29, 1.82) is 0 Å². The van der Waals surface area contributed by atoms with Gasteiger partial charge >= 0.3 is 0 Å². The molecule has 0 radical (unpaired) electrons. The predicted octanol–water partition coefficient (Wildman–Crippen LogP) is 3.62. The van der Waals surface area contributed by atoms with Crippen LogP contribution in [0.3, 0.4) is 0 Å². The number of benzene rings is 1. The molecule has 0 bridgehead atoms. The summed E-state index contributed by atoms with van der Waals surface area (Å²) in [6.07, 6.45) is 1.11. The number of aryl methyl sites for hydroxylation is 1. The van der Waals surface area contributed by atoms with E-state index < -0.39 is 0 Å². The average Bonchev–Trinajstić information content (AvgIpc) is 2.94. The summed E-state index contributed by atoms with van der Waals surface area (Å²) in [5.41, 5.74) is 1.11. The van der Waals surface area contributed by atoms with Gasteiger partial charge in [-0.15, -0.1) is 10.2 Å². The molecular formula is C15H19N3O2S2. The number of hydrogen-bond donors (Lipinski definition) is 1. The number of aromatic nitrogens is 2. The van der Waals surface area contributed by atoms with Gasteiger partial charge in [-0.25, -0.2) is 0 Å². The molecule has 2 rings (SSSR count). The summed E-state index contributed by atoms with van der Waals surface area (Å²) < 4.78 is 6.27. The molecule has 1 aromatic heterocycles. The third-order valence-corrected chi connectivity index (χ3v) is 4.65. The van der Waals surface area contributed by atoms with Crippen molar-refractivity contribution in [2.45, 2.75) is 31.0 Å². The molecule has 1 N–H and O–H groups in total. The van der Waals surface area contributed by atoms with Gasteiger partial charge in [0.15, 0.2) is 4.34 Å². The lowest BCUT2D eigenvalue weighted by Gasteiger charge is -2.05. The number of nitrogens with one attached hydrogen (secondary N) is 1. The summed E-state index contributed by atoms with van der Waals surface area (Å²) in [5.74, 6) is 1.75. The number of carbonyl (C=O) groups is 1. The molecule has 0 atom stereocenters. The summed E-state index contributed by atoms with van der Waals surface area (Å²) in [4.78, 5) is 11.9. The molecule has 118 valence electrons. The molecule has 0 aliphatic heterocycles. The molecule has 1 amide bonds. The topological polar surface area (TPSA) is 64.1 Å². The van der Waals surface area contributed by atoms with Gasteiger partial charge in [-0.2, -0.15) is 0 Å². The van der Waals surface area contributed by atoms with Crippen molar-refractivity contribution in [2.24, 2.45) is 0 Å². The van der Waals surface area contributed by atoms with Crippen LogP contribution in [0.25, 0.3) is 0 Å². The second-order valence-corrected chi connectivity index (χ2v) is 6.92. The van der Waals surface area contributed by atoms with Crippen LogP contribution in [-0.2, 0) is 11.2 Å². The zero-order valence-corrected chi connectivity index (χ0v) is 14.3. The minimum absolute atomic E-state index is 0.0434. The molecule has 0 saturated heterocycles. The second-order valence-electron chi connectivity index (χ2n) is 4.43. The standard InChI is InChI=1S/C15H19N3O2S2/c1-3-20-12-8-5-11(6-9-12)7-10-13(19)16-14-17-18-15(22-14)21-4-2/h5-6,8-9H,3-4,7,10H2,1-2H3,(H,16,17,19). The van der Waals surface area contributed by atoms with Gasteiger partial charge in [0.1, 0.15) is 5.75 Å². The minimum atomic E-state index is -0.0434. The highest BCUT2D eigenvalue weighted by Crippen LogP contribution is 2.25. The Bertz CT molecular complexity index is 599. The van der Waals surface area contributed by atoms with Crippen molar-refractivity contribution in [2.75, 3.05) is 17.7 Å². The van der Waals surface area contributed by atoms with Gasteiger partial charge in [-0.1, -0.05) is 42.2 Å². The molecule has 1 aromatic carbocycles. The number of anilines is 1. The maximum atomic E-state index is 11.9. The average molecular weight is 337 g/mol. The highest BCUT2D eigenvalue weighted by atomic mass is 32.2. The van der Waals surface area contributed by atoms with Crippen LogP contribution in [0.1, 0.15) is 25.8 Å². The zero-order chi connectivity index (χ0) is 15.8. The number of carbonyl (C=O) groups excluding carboxylic acids is 1. The Kier molecular flexibility index (Phi) is 6.67.